The normalized spacial score (nSPS) is 18.1. The van der Waals surface area contributed by atoms with Crippen molar-refractivity contribution in [3.63, 3.8) is 0 Å². The zero-order valence-electron chi connectivity index (χ0n) is 9.53. The number of urea groups is 1. The second-order valence-electron chi connectivity index (χ2n) is 3.95. The largest absolute Gasteiger partial charge is 0.393 e. The smallest absolute Gasteiger partial charge is 0.321 e. The second-order valence-corrected chi connectivity index (χ2v) is 3.95. The van der Waals surface area contributed by atoms with Gasteiger partial charge in [-0.1, -0.05) is 0 Å². The highest BCUT2D eigenvalue weighted by Crippen LogP contribution is 2.09. The van der Waals surface area contributed by atoms with E-state index < -0.39 is 6.03 Å². The Morgan fingerprint density at radius 3 is 2.56 bits per heavy atom. The van der Waals surface area contributed by atoms with Gasteiger partial charge in [0.1, 0.15) is 0 Å². The molecule has 0 aromatic carbocycles. The maximum absolute atomic E-state index is 11.3. The molecule has 1 rings (SSSR count). The summed E-state index contributed by atoms with van der Waals surface area (Å²) in [6.07, 6.45) is 1.63. The number of carbonyl (C=O) groups is 2. The average Bonchev–Trinajstić information content (AvgIpc) is 2.28. The third-order valence-electron chi connectivity index (χ3n) is 2.69. The summed E-state index contributed by atoms with van der Waals surface area (Å²) in [7, 11) is 1.47. The van der Waals surface area contributed by atoms with Gasteiger partial charge in [0, 0.05) is 33.1 Å². The third-order valence-corrected chi connectivity index (χ3v) is 2.69. The lowest BCUT2D eigenvalue weighted by Gasteiger charge is -2.29. The zero-order chi connectivity index (χ0) is 12.0. The van der Waals surface area contributed by atoms with Crippen molar-refractivity contribution in [2.75, 3.05) is 26.7 Å². The van der Waals surface area contributed by atoms with Crippen molar-refractivity contribution < 1.29 is 14.7 Å². The monoisotopic (exact) mass is 229 g/mol. The Hall–Kier alpha value is -1.14. The Morgan fingerprint density at radius 2 is 2.00 bits per heavy atom. The molecule has 1 aliphatic rings. The van der Waals surface area contributed by atoms with E-state index in [0.717, 1.165) is 25.9 Å². The van der Waals surface area contributed by atoms with Crippen molar-refractivity contribution in [2.24, 2.45) is 0 Å². The minimum absolute atomic E-state index is 0.198. The highest BCUT2D eigenvalue weighted by molar-refractivity contribution is 5.94. The Kier molecular flexibility index (Phi) is 5.21. The van der Waals surface area contributed by atoms with Gasteiger partial charge in [-0.3, -0.25) is 10.1 Å². The number of piperidine rings is 1. The van der Waals surface area contributed by atoms with Gasteiger partial charge < -0.3 is 15.3 Å². The number of hydrogen-bond acceptors (Lipinski definition) is 4. The summed E-state index contributed by atoms with van der Waals surface area (Å²) in [6.45, 7) is 2.26. The van der Waals surface area contributed by atoms with Gasteiger partial charge in [0.25, 0.3) is 0 Å². The third kappa shape index (κ3) is 4.59. The van der Waals surface area contributed by atoms with Gasteiger partial charge in [-0.25, -0.2) is 4.79 Å². The van der Waals surface area contributed by atoms with E-state index in [4.69, 9.17) is 0 Å². The molecule has 3 amide bonds. The first-order chi connectivity index (χ1) is 7.61. The summed E-state index contributed by atoms with van der Waals surface area (Å²) in [4.78, 5) is 24.2. The molecular weight excluding hydrogens is 210 g/mol. The molecule has 3 N–H and O–H groups in total. The van der Waals surface area contributed by atoms with Crippen LogP contribution in [-0.2, 0) is 4.79 Å². The van der Waals surface area contributed by atoms with Gasteiger partial charge >= 0.3 is 6.03 Å². The fourth-order valence-corrected chi connectivity index (χ4v) is 1.65. The van der Waals surface area contributed by atoms with Crippen LogP contribution in [0.5, 0.6) is 0 Å². The number of nitrogens with zero attached hydrogens (tertiary/aromatic N) is 1. The lowest BCUT2D eigenvalue weighted by Crippen LogP contribution is -2.41. The Bertz CT molecular complexity index is 250. The maximum atomic E-state index is 11.3. The van der Waals surface area contributed by atoms with Crippen LogP contribution >= 0.6 is 0 Å². The van der Waals surface area contributed by atoms with Crippen molar-refractivity contribution in [2.45, 2.75) is 25.4 Å². The molecule has 0 radical (unpaired) electrons. The molecule has 92 valence electrons. The van der Waals surface area contributed by atoms with Crippen LogP contribution in [0.15, 0.2) is 0 Å². The quantitative estimate of drug-likeness (QED) is 0.597. The van der Waals surface area contributed by atoms with E-state index in [0.29, 0.717) is 13.0 Å². The van der Waals surface area contributed by atoms with Crippen molar-refractivity contribution in [1.82, 2.24) is 15.5 Å². The van der Waals surface area contributed by atoms with Gasteiger partial charge in [-0.15, -0.1) is 0 Å². The van der Waals surface area contributed by atoms with Crippen LogP contribution in [0.1, 0.15) is 19.3 Å². The summed E-state index contributed by atoms with van der Waals surface area (Å²) < 4.78 is 0. The molecule has 16 heavy (non-hydrogen) atoms. The molecule has 0 aliphatic carbocycles. The topological polar surface area (TPSA) is 81.7 Å². The molecule has 0 atom stereocenters. The number of imide groups is 1. The molecule has 6 nitrogen and oxygen atoms in total. The van der Waals surface area contributed by atoms with Crippen LogP contribution in [-0.4, -0.2) is 54.7 Å². The van der Waals surface area contributed by atoms with Crippen LogP contribution in [0.4, 0.5) is 4.79 Å². The Morgan fingerprint density at radius 1 is 1.38 bits per heavy atom. The summed E-state index contributed by atoms with van der Waals surface area (Å²) in [5, 5.41) is 13.8. The minimum atomic E-state index is -0.473. The van der Waals surface area contributed by atoms with Crippen LogP contribution in [0.25, 0.3) is 0 Å². The van der Waals surface area contributed by atoms with E-state index in [1.165, 1.54) is 7.05 Å². The number of amides is 3. The van der Waals surface area contributed by atoms with Gasteiger partial charge in [0.05, 0.1) is 6.10 Å². The van der Waals surface area contributed by atoms with E-state index >= 15 is 0 Å². The molecule has 0 aromatic rings. The molecule has 0 saturated carbocycles. The number of hydrogen-bond donors (Lipinski definition) is 3. The molecule has 1 fully saturated rings. The first-order valence-electron chi connectivity index (χ1n) is 5.54. The number of aliphatic hydroxyl groups excluding tert-OH is 1. The van der Waals surface area contributed by atoms with Crippen LogP contribution < -0.4 is 10.6 Å². The lowest BCUT2D eigenvalue weighted by atomic mass is 10.1. The van der Waals surface area contributed by atoms with Crippen LogP contribution in [0, 0.1) is 0 Å². The predicted octanol–water partition coefficient (Wildman–Crippen LogP) is -0.711. The Balaban J connectivity index is 2.14. The van der Waals surface area contributed by atoms with Crippen molar-refractivity contribution in [3.8, 4) is 0 Å². The summed E-state index contributed by atoms with van der Waals surface area (Å²) in [5.41, 5.74) is 0. The first kappa shape index (κ1) is 12.9. The second kappa shape index (κ2) is 6.44. The molecule has 1 aliphatic heterocycles. The molecule has 1 heterocycles. The number of likely N-dealkylation sites (tertiary alicyclic amines) is 1. The molecule has 1 saturated heterocycles. The fourth-order valence-electron chi connectivity index (χ4n) is 1.65. The number of nitrogens with one attached hydrogen (secondary N) is 2. The van der Waals surface area contributed by atoms with E-state index in [2.05, 4.69) is 15.5 Å². The SMILES string of the molecule is CNC(=O)NC(=O)CCN1CCC(O)CC1. The first-order valence-corrected chi connectivity index (χ1v) is 5.54. The van der Waals surface area contributed by atoms with Gasteiger partial charge in [-0.05, 0) is 12.8 Å². The standard InChI is InChI=1S/C10H19N3O3/c1-11-10(16)12-9(15)4-7-13-5-2-8(14)3-6-13/h8,14H,2-7H2,1H3,(H2,11,12,15,16). The number of carbonyl (C=O) groups excluding carboxylic acids is 2. The molecule has 0 aromatic heterocycles. The predicted molar refractivity (Wildman–Crippen MR) is 58.9 cm³/mol. The van der Waals surface area contributed by atoms with Crippen molar-refractivity contribution in [3.05, 3.63) is 0 Å². The number of rotatable bonds is 3. The van der Waals surface area contributed by atoms with Crippen molar-refractivity contribution >= 4 is 11.9 Å². The van der Waals surface area contributed by atoms with E-state index in [9.17, 15) is 14.7 Å². The zero-order valence-corrected chi connectivity index (χ0v) is 9.53. The van der Waals surface area contributed by atoms with Gasteiger partial charge in [0.2, 0.25) is 5.91 Å². The molecule has 6 heteroatoms. The van der Waals surface area contributed by atoms with E-state index in [1.54, 1.807) is 0 Å². The lowest BCUT2D eigenvalue weighted by molar-refractivity contribution is -0.120. The fraction of sp³-hybridized carbons (Fsp3) is 0.800. The highest BCUT2D eigenvalue weighted by Gasteiger charge is 2.17. The molecular formula is C10H19N3O3. The van der Waals surface area contributed by atoms with Crippen molar-refractivity contribution in [1.29, 1.82) is 0 Å². The molecule has 0 bridgehead atoms. The molecule has 0 spiro atoms. The van der Waals surface area contributed by atoms with Gasteiger partial charge in [-0.2, -0.15) is 0 Å². The van der Waals surface area contributed by atoms with Crippen LogP contribution in [0.3, 0.4) is 0 Å². The van der Waals surface area contributed by atoms with E-state index in [1.807, 2.05) is 0 Å². The summed E-state index contributed by atoms with van der Waals surface area (Å²) >= 11 is 0. The molecule has 0 unspecified atom stereocenters. The van der Waals surface area contributed by atoms with E-state index in [-0.39, 0.29) is 12.0 Å². The maximum Gasteiger partial charge on any atom is 0.321 e. The minimum Gasteiger partial charge on any atom is -0.393 e. The van der Waals surface area contributed by atoms with Gasteiger partial charge in [0.15, 0.2) is 0 Å². The van der Waals surface area contributed by atoms with Crippen LogP contribution in [0.2, 0.25) is 0 Å². The summed E-state index contributed by atoms with van der Waals surface area (Å²) in [6, 6.07) is -0.473. The average molecular weight is 229 g/mol. The summed E-state index contributed by atoms with van der Waals surface area (Å²) in [5.74, 6) is -0.273. The highest BCUT2D eigenvalue weighted by atomic mass is 16.3. The Labute approximate surface area is 95.0 Å². The number of aliphatic hydroxyl groups is 1.